The number of amides is 1. The van der Waals surface area contributed by atoms with Crippen molar-refractivity contribution >= 4 is 39.2 Å². The van der Waals surface area contributed by atoms with Gasteiger partial charge in [0.1, 0.15) is 5.52 Å². The van der Waals surface area contributed by atoms with E-state index in [0.717, 1.165) is 19.3 Å². The highest BCUT2D eigenvalue weighted by Crippen LogP contribution is 2.30. The van der Waals surface area contributed by atoms with E-state index < -0.39 is 15.0 Å². The molecular formula is C14H19ClN2O5S. The summed E-state index contributed by atoms with van der Waals surface area (Å²) in [5, 5.41) is -0.0804. The van der Waals surface area contributed by atoms with Crippen LogP contribution in [0.1, 0.15) is 25.7 Å². The highest BCUT2D eigenvalue weighted by atomic mass is 35.5. The fourth-order valence-corrected chi connectivity index (χ4v) is 2.80. The van der Waals surface area contributed by atoms with Gasteiger partial charge in [-0.05, 0) is 18.6 Å². The lowest BCUT2D eigenvalue weighted by Gasteiger charge is -1.99. The van der Waals surface area contributed by atoms with Gasteiger partial charge in [0.2, 0.25) is 6.41 Å². The molecule has 0 saturated heterocycles. The number of carbonyl (C=O) groups is 1. The minimum absolute atomic E-state index is 0.0103. The van der Waals surface area contributed by atoms with Crippen molar-refractivity contribution in [2.45, 2.75) is 31.1 Å². The molecule has 23 heavy (non-hydrogen) atoms. The lowest BCUT2D eigenvalue weighted by atomic mass is 10.2. The number of fused-ring (bicyclic) bond motifs is 1. The molecule has 0 saturated carbocycles. The number of nitrogens with zero attached hydrogens (tertiary/aromatic N) is 2. The van der Waals surface area contributed by atoms with Crippen LogP contribution in [-0.4, -0.2) is 43.4 Å². The summed E-state index contributed by atoms with van der Waals surface area (Å²) in [5.74, 6) is 0.444. The van der Waals surface area contributed by atoms with Crippen LogP contribution in [0.15, 0.2) is 21.4 Å². The Balaban J connectivity index is 0.000000463. The molecule has 1 N–H and O–H groups in total. The molecule has 0 bridgehead atoms. The number of aromatic nitrogens is 1. The number of rotatable bonds is 5. The number of benzene rings is 1. The number of oxazole rings is 1. The monoisotopic (exact) mass is 362 g/mol. The standard InChI is InChI=1S/C11H12ClNO4S.C3H7NO/c1-2-3-4-9-13-8-6-5-7(12)11(10(8)17-9)18(14,15)16;1-4(2)3-5/h5-6H,2-4H2,1H3,(H,14,15,16);3H,1-2H3. The first-order valence-corrected chi connectivity index (χ1v) is 8.69. The Kier molecular flexibility index (Phi) is 6.99. The van der Waals surface area contributed by atoms with Crippen molar-refractivity contribution in [3.8, 4) is 0 Å². The van der Waals surface area contributed by atoms with Crippen LogP contribution >= 0.6 is 11.6 Å². The highest BCUT2D eigenvalue weighted by Gasteiger charge is 2.22. The van der Waals surface area contributed by atoms with Crippen molar-refractivity contribution in [1.29, 1.82) is 0 Å². The molecule has 0 spiro atoms. The van der Waals surface area contributed by atoms with E-state index in [1.165, 1.54) is 11.0 Å². The van der Waals surface area contributed by atoms with Gasteiger partial charge in [-0.1, -0.05) is 24.9 Å². The molecule has 0 unspecified atom stereocenters. The first-order valence-electron chi connectivity index (χ1n) is 6.87. The van der Waals surface area contributed by atoms with Crippen LogP contribution in [0.4, 0.5) is 0 Å². The summed E-state index contributed by atoms with van der Waals surface area (Å²) >= 11 is 5.77. The average molecular weight is 363 g/mol. The maximum atomic E-state index is 11.3. The molecular weight excluding hydrogens is 344 g/mol. The van der Waals surface area contributed by atoms with E-state index in [2.05, 4.69) is 4.98 Å². The van der Waals surface area contributed by atoms with Gasteiger partial charge in [-0.3, -0.25) is 9.35 Å². The predicted octanol–water partition coefficient (Wildman–Crippen LogP) is 2.77. The lowest BCUT2D eigenvalue weighted by Crippen LogP contribution is -2.06. The summed E-state index contributed by atoms with van der Waals surface area (Å²) in [6.45, 7) is 2.03. The van der Waals surface area contributed by atoms with Crippen molar-refractivity contribution in [1.82, 2.24) is 9.88 Å². The number of hydrogen-bond donors (Lipinski definition) is 1. The maximum absolute atomic E-state index is 11.3. The summed E-state index contributed by atoms with van der Waals surface area (Å²) in [6.07, 6.45) is 3.24. The third-order valence-corrected chi connectivity index (χ3v) is 4.07. The van der Waals surface area contributed by atoms with Crippen LogP contribution in [0, 0.1) is 0 Å². The SMILES string of the molecule is CCCCc1nc2ccc(Cl)c(S(=O)(=O)O)c2o1.CN(C)C=O. The molecule has 1 aromatic carbocycles. The topological polar surface area (TPSA) is 101 Å². The second kappa shape index (κ2) is 8.28. The van der Waals surface area contributed by atoms with Crippen molar-refractivity contribution in [3.63, 3.8) is 0 Å². The van der Waals surface area contributed by atoms with Crippen molar-refractivity contribution < 1.29 is 22.2 Å². The Hall–Kier alpha value is -1.64. The Morgan fingerprint density at radius 1 is 1.39 bits per heavy atom. The number of hydrogen-bond acceptors (Lipinski definition) is 5. The maximum Gasteiger partial charge on any atom is 0.299 e. The van der Waals surface area contributed by atoms with Crippen LogP contribution in [0.2, 0.25) is 5.02 Å². The van der Waals surface area contributed by atoms with Gasteiger partial charge in [-0.25, -0.2) is 4.98 Å². The summed E-state index contributed by atoms with van der Waals surface area (Å²) in [6, 6.07) is 2.93. The fraction of sp³-hybridized carbons (Fsp3) is 0.429. The van der Waals surface area contributed by atoms with Gasteiger partial charge in [-0.2, -0.15) is 8.42 Å². The first-order chi connectivity index (χ1) is 10.7. The third kappa shape index (κ3) is 5.49. The zero-order valence-electron chi connectivity index (χ0n) is 13.1. The first kappa shape index (κ1) is 19.4. The van der Waals surface area contributed by atoms with Crippen molar-refractivity contribution in [2.75, 3.05) is 14.1 Å². The molecule has 0 aliphatic carbocycles. The molecule has 0 radical (unpaired) electrons. The fourth-order valence-electron chi connectivity index (χ4n) is 1.67. The minimum Gasteiger partial charge on any atom is -0.439 e. The average Bonchev–Trinajstić information content (AvgIpc) is 2.86. The van der Waals surface area contributed by atoms with Crippen LogP contribution in [0.5, 0.6) is 0 Å². The molecule has 2 aromatic rings. The molecule has 0 atom stereocenters. The van der Waals surface area contributed by atoms with E-state index in [1.807, 2.05) is 6.92 Å². The van der Waals surface area contributed by atoms with Gasteiger partial charge < -0.3 is 9.32 Å². The Morgan fingerprint density at radius 2 is 2.00 bits per heavy atom. The number of aryl methyl sites for hydroxylation is 1. The third-order valence-electron chi connectivity index (χ3n) is 2.72. The highest BCUT2D eigenvalue weighted by molar-refractivity contribution is 7.86. The lowest BCUT2D eigenvalue weighted by molar-refractivity contribution is -0.115. The van der Waals surface area contributed by atoms with E-state index in [0.29, 0.717) is 17.8 Å². The smallest absolute Gasteiger partial charge is 0.299 e. The Labute approximate surface area is 140 Å². The molecule has 1 aromatic heterocycles. The van der Waals surface area contributed by atoms with Crippen LogP contribution in [0.3, 0.4) is 0 Å². The second-order valence-electron chi connectivity index (χ2n) is 4.98. The molecule has 1 heterocycles. The van der Waals surface area contributed by atoms with Gasteiger partial charge in [0, 0.05) is 20.5 Å². The summed E-state index contributed by atoms with van der Waals surface area (Å²) in [7, 11) is -1.06. The summed E-state index contributed by atoms with van der Waals surface area (Å²) in [5.41, 5.74) is 0.384. The van der Waals surface area contributed by atoms with Crippen molar-refractivity contribution in [3.05, 3.63) is 23.0 Å². The van der Waals surface area contributed by atoms with Gasteiger partial charge in [0.25, 0.3) is 10.1 Å². The normalized spacial score (nSPS) is 11.0. The molecule has 9 heteroatoms. The minimum atomic E-state index is -4.43. The molecule has 0 aliphatic heterocycles. The Bertz CT molecular complexity index is 771. The molecule has 2 rings (SSSR count). The predicted molar refractivity (Wildman–Crippen MR) is 87.2 cm³/mol. The van der Waals surface area contributed by atoms with Gasteiger partial charge in [0.05, 0.1) is 5.02 Å². The molecule has 128 valence electrons. The van der Waals surface area contributed by atoms with E-state index in [4.69, 9.17) is 20.6 Å². The summed E-state index contributed by atoms with van der Waals surface area (Å²) < 4.78 is 37.1. The number of unbranched alkanes of at least 4 members (excludes halogenated alkanes) is 1. The van der Waals surface area contributed by atoms with E-state index in [-0.39, 0.29) is 10.6 Å². The van der Waals surface area contributed by atoms with Crippen LogP contribution in [0.25, 0.3) is 11.1 Å². The zero-order valence-corrected chi connectivity index (χ0v) is 14.7. The number of carbonyl (C=O) groups excluding carboxylic acids is 1. The van der Waals surface area contributed by atoms with E-state index >= 15 is 0 Å². The van der Waals surface area contributed by atoms with E-state index in [1.54, 1.807) is 20.2 Å². The van der Waals surface area contributed by atoms with Crippen LogP contribution < -0.4 is 0 Å². The van der Waals surface area contributed by atoms with Gasteiger partial charge in [-0.15, -0.1) is 0 Å². The van der Waals surface area contributed by atoms with Crippen LogP contribution in [-0.2, 0) is 21.3 Å². The molecule has 0 fully saturated rings. The molecule has 0 aliphatic rings. The molecule has 1 amide bonds. The second-order valence-corrected chi connectivity index (χ2v) is 6.75. The number of halogens is 1. The van der Waals surface area contributed by atoms with Crippen molar-refractivity contribution in [2.24, 2.45) is 0 Å². The van der Waals surface area contributed by atoms with E-state index in [9.17, 15) is 13.2 Å². The van der Waals surface area contributed by atoms with Gasteiger partial charge >= 0.3 is 0 Å². The quantitative estimate of drug-likeness (QED) is 0.648. The van der Waals surface area contributed by atoms with Gasteiger partial charge in [0.15, 0.2) is 16.4 Å². The molecule has 7 nitrogen and oxygen atoms in total. The zero-order chi connectivity index (χ0) is 17.6. The summed E-state index contributed by atoms with van der Waals surface area (Å²) in [4.78, 5) is 14.6. The Morgan fingerprint density at radius 3 is 2.48 bits per heavy atom. The largest absolute Gasteiger partial charge is 0.439 e.